The molecule has 1 aromatic heterocycles. The van der Waals surface area contributed by atoms with Crippen molar-refractivity contribution in [3.63, 3.8) is 0 Å². The fourth-order valence-electron chi connectivity index (χ4n) is 3.40. The molecule has 0 fully saturated rings. The van der Waals surface area contributed by atoms with Crippen LogP contribution in [0.4, 0.5) is 0 Å². The number of hydrogen-bond donors (Lipinski definition) is 1. The Morgan fingerprint density at radius 3 is 2.03 bits per heavy atom. The number of carbonyl (C=O) groups excluding carboxylic acids is 1. The van der Waals surface area contributed by atoms with Crippen molar-refractivity contribution in [1.29, 1.82) is 0 Å². The molecular weight excluding hydrogens is 412 g/mol. The van der Waals surface area contributed by atoms with Gasteiger partial charge in [0.2, 0.25) is 5.91 Å². The third-order valence-electron chi connectivity index (χ3n) is 5.11. The summed E-state index contributed by atoms with van der Waals surface area (Å²) < 4.78 is 11.8. The third kappa shape index (κ3) is 6.76. The van der Waals surface area contributed by atoms with Crippen LogP contribution in [-0.4, -0.2) is 17.5 Å². The van der Waals surface area contributed by atoms with Crippen LogP contribution >= 0.6 is 0 Å². The predicted octanol–water partition coefficient (Wildman–Crippen LogP) is 5.08. The smallest absolute Gasteiger partial charge is 0.246 e. The van der Waals surface area contributed by atoms with Gasteiger partial charge in [-0.25, -0.2) is 0 Å². The van der Waals surface area contributed by atoms with E-state index in [1.165, 1.54) is 0 Å². The second-order valence-corrected chi connectivity index (χ2v) is 7.54. The highest BCUT2D eigenvalue weighted by Crippen LogP contribution is 2.25. The molecule has 166 valence electrons. The molecule has 1 heterocycles. The summed E-state index contributed by atoms with van der Waals surface area (Å²) in [6.45, 7) is 0.808. The van der Waals surface area contributed by atoms with Gasteiger partial charge in [-0.1, -0.05) is 78.9 Å². The molecule has 0 atom stereocenters. The van der Waals surface area contributed by atoms with E-state index in [1.54, 1.807) is 6.20 Å². The molecule has 5 heteroatoms. The van der Waals surface area contributed by atoms with Crippen molar-refractivity contribution < 1.29 is 14.3 Å². The molecule has 4 aromatic rings. The number of pyridine rings is 1. The van der Waals surface area contributed by atoms with Crippen molar-refractivity contribution in [1.82, 2.24) is 10.3 Å². The highest BCUT2D eigenvalue weighted by atomic mass is 16.5. The van der Waals surface area contributed by atoms with E-state index < -0.39 is 0 Å². The summed E-state index contributed by atoms with van der Waals surface area (Å²) >= 11 is 0. The van der Waals surface area contributed by atoms with Crippen molar-refractivity contribution in [3.05, 3.63) is 132 Å². The molecule has 0 aliphatic heterocycles. The zero-order valence-electron chi connectivity index (χ0n) is 18.3. The zero-order valence-corrected chi connectivity index (χ0v) is 18.3. The highest BCUT2D eigenvalue weighted by Gasteiger charge is 2.16. The third-order valence-corrected chi connectivity index (χ3v) is 5.11. The van der Waals surface area contributed by atoms with Crippen LogP contribution in [0.15, 0.2) is 109 Å². The molecule has 4 rings (SSSR count). The van der Waals surface area contributed by atoms with E-state index in [1.807, 2.05) is 103 Å². The molecule has 0 saturated heterocycles. The largest absolute Gasteiger partial charge is 0.487 e. The van der Waals surface area contributed by atoms with E-state index in [9.17, 15) is 4.79 Å². The van der Waals surface area contributed by atoms with Crippen LogP contribution in [0.25, 0.3) is 0 Å². The topological polar surface area (TPSA) is 60.5 Å². The summed E-state index contributed by atoms with van der Waals surface area (Å²) in [6, 6.07) is 33.2. The molecule has 33 heavy (non-hydrogen) atoms. The molecule has 0 radical (unpaired) electrons. The number of ether oxygens (including phenoxy) is 2. The van der Waals surface area contributed by atoms with Gasteiger partial charge in [-0.15, -0.1) is 0 Å². The lowest BCUT2D eigenvalue weighted by atomic mass is 10.0. The maximum Gasteiger partial charge on any atom is 0.246 e. The second kappa shape index (κ2) is 11.6. The lowest BCUT2D eigenvalue weighted by Crippen LogP contribution is -2.28. The average molecular weight is 439 g/mol. The molecule has 3 aromatic carbocycles. The molecular formula is C28H26N2O3. The first-order chi connectivity index (χ1) is 16.3. The molecule has 1 amide bonds. The van der Waals surface area contributed by atoms with Crippen LogP contribution in [0.5, 0.6) is 5.75 Å². The Morgan fingerprint density at radius 1 is 0.788 bits per heavy atom. The van der Waals surface area contributed by atoms with Gasteiger partial charge in [0.15, 0.2) is 0 Å². The summed E-state index contributed by atoms with van der Waals surface area (Å²) in [7, 11) is 0. The van der Waals surface area contributed by atoms with Crippen molar-refractivity contribution in [2.45, 2.75) is 19.3 Å². The lowest BCUT2D eigenvalue weighted by molar-refractivity contribution is -0.127. The van der Waals surface area contributed by atoms with Crippen LogP contribution in [0.3, 0.4) is 0 Å². The number of carbonyl (C=O) groups is 1. The SMILES string of the molecule is O=C(COC(c1ccccc1)c1ccccc1)NCc1ccc(OCc2ccccn2)cc1. The first-order valence-electron chi connectivity index (χ1n) is 10.9. The molecule has 0 bridgehead atoms. The highest BCUT2D eigenvalue weighted by molar-refractivity contribution is 5.77. The predicted molar refractivity (Wildman–Crippen MR) is 128 cm³/mol. The summed E-state index contributed by atoms with van der Waals surface area (Å²) in [5.74, 6) is 0.593. The van der Waals surface area contributed by atoms with Crippen molar-refractivity contribution in [2.24, 2.45) is 0 Å². The maximum atomic E-state index is 12.4. The summed E-state index contributed by atoms with van der Waals surface area (Å²) in [4.78, 5) is 16.7. The first-order valence-corrected chi connectivity index (χ1v) is 10.9. The minimum Gasteiger partial charge on any atom is -0.487 e. The van der Waals surface area contributed by atoms with E-state index in [4.69, 9.17) is 9.47 Å². The van der Waals surface area contributed by atoms with E-state index in [0.29, 0.717) is 13.2 Å². The summed E-state index contributed by atoms with van der Waals surface area (Å²) in [5, 5.41) is 2.92. The van der Waals surface area contributed by atoms with Crippen molar-refractivity contribution in [3.8, 4) is 5.75 Å². The zero-order chi connectivity index (χ0) is 22.7. The minimum absolute atomic E-state index is 0.0281. The monoisotopic (exact) mass is 438 g/mol. The van der Waals surface area contributed by atoms with Crippen LogP contribution < -0.4 is 10.1 Å². The van der Waals surface area contributed by atoms with Gasteiger partial charge in [-0.05, 0) is 41.0 Å². The second-order valence-electron chi connectivity index (χ2n) is 7.54. The van der Waals surface area contributed by atoms with E-state index in [2.05, 4.69) is 10.3 Å². The Labute approximate surface area is 194 Å². The van der Waals surface area contributed by atoms with Crippen molar-refractivity contribution in [2.75, 3.05) is 6.61 Å². The van der Waals surface area contributed by atoms with Crippen molar-refractivity contribution >= 4 is 5.91 Å². The van der Waals surface area contributed by atoms with E-state index in [0.717, 1.165) is 28.1 Å². The van der Waals surface area contributed by atoms with E-state index >= 15 is 0 Å². The van der Waals surface area contributed by atoms with Crippen LogP contribution in [-0.2, 0) is 22.7 Å². The fourth-order valence-corrected chi connectivity index (χ4v) is 3.40. The quantitative estimate of drug-likeness (QED) is 0.375. The summed E-state index contributed by atoms with van der Waals surface area (Å²) in [6.07, 6.45) is 1.45. The molecule has 0 spiro atoms. The number of benzene rings is 3. The Hall–Kier alpha value is -3.96. The van der Waals surface area contributed by atoms with Gasteiger partial charge in [0.05, 0.1) is 5.69 Å². The normalized spacial score (nSPS) is 10.7. The molecule has 1 N–H and O–H groups in total. The van der Waals surface area contributed by atoms with Gasteiger partial charge < -0.3 is 14.8 Å². The summed E-state index contributed by atoms with van der Waals surface area (Å²) in [5.41, 5.74) is 3.88. The number of rotatable bonds is 10. The van der Waals surface area contributed by atoms with Gasteiger partial charge in [0.1, 0.15) is 25.1 Å². The maximum absolute atomic E-state index is 12.4. The molecule has 0 unspecified atom stereocenters. The lowest BCUT2D eigenvalue weighted by Gasteiger charge is -2.19. The Kier molecular flexibility index (Phi) is 7.82. The Balaban J connectivity index is 1.27. The Morgan fingerprint density at radius 2 is 1.42 bits per heavy atom. The van der Waals surface area contributed by atoms with Crippen LogP contribution in [0.2, 0.25) is 0 Å². The van der Waals surface area contributed by atoms with Crippen LogP contribution in [0, 0.1) is 0 Å². The van der Waals surface area contributed by atoms with Crippen LogP contribution in [0.1, 0.15) is 28.5 Å². The number of nitrogens with one attached hydrogen (secondary N) is 1. The van der Waals surface area contributed by atoms with Gasteiger partial charge in [0.25, 0.3) is 0 Å². The number of aromatic nitrogens is 1. The van der Waals surface area contributed by atoms with Gasteiger partial charge in [-0.3, -0.25) is 9.78 Å². The molecule has 0 saturated carbocycles. The minimum atomic E-state index is -0.298. The Bertz CT molecular complexity index is 1080. The molecule has 5 nitrogen and oxygen atoms in total. The number of nitrogens with zero attached hydrogens (tertiary/aromatic N) is 1. The molecule has 0 aliphatic rings. The fraction of sp³-hybridized carbons (Fsp3) is 0.143. The van der Waals surface area contributed by atoms with Gasteiger partial charge in [-0.2, -0.15) is 0 Å². The molecule has 0 aliphatic carbocycles. The van der Waals surface area contributed by atoms with Gasteiger partial charge in [0, 0.05) is 12.7 Å². The van der Waals surface area contributed by atoms with E-state index in [-0.39, 0.29) is 18.6 Å². The standard InChI is InChI=1S/C28H26N2O3/c31-27(21-33-28(23-9-3-1-4-10-23)24-11-5-2-6-12-24)30-19-22-14-16-26(17-15-22)32-20-25-13-7-8-18-29-25/h1-18,28H,19-21H2,(H,30,31). The average Bonchev–Trinajstić information content (AvgIpc) is 2.89. The van der Waals surface area contributed by atoms with Gasteiger partial charge >= 0.3 is 0 Å². The first kappa shape index (κ1) is 22.2. The number of amides is 1. The number of hydrogen-bond acceptors (Lipinski definition) is 4.